The molecule has 0 bridgehead atoms. The predicted octanol–water partition coefficient (Wildman–Crippen LogP) is 1.33. The number of imidazole rings is 1. The number of nitrogens with two attached hydrogens (primary N) is 1. The number of hydrogen-bond acceptors (Lipinski definition) is 5. The minimum atomic E-state index is -3.96. The number of aryl methyl sites for hydroxylation is 1. The number of nitrogen functional groups attached to an aromatic ring is 1. The molecular formula is C11H10ClN5O2S. The van der Waals surface area contributed by atoms with Gasteiger partial charge in [0.25, 0.3) is 10.0 Å². The lowest BCUT2D eigenvalue weighted by atomic mass is 10.2. The minimum absolute atomic E-state index is 0.0839. The summed E-state index contributed by atoms with van der Waals surface area (Å²) in [6.07, 6.45) is 1.28. The molecule has 7 nitrogen and oxygen atoms in total. The molecule has 3 N–H and O–H groups in total. The van der Waals surface area contributed by atoms with Gasteiger partial charge in [-0.25, -0.2) is 4.98 Å². The SMILES string of the molecule is Cn1cnc(N)c1S(=O)(=O)Nc1cc(Cl)ccc1C#N. The second-order valence-electron chi connectivity index (χ2n) is 3.95. The van der Waals surface area contributed by atoms with E-state index < -0.39 is 10.0 Å². The average Bonchev–Trinajstić information content (AvgIpc) is 2.69. The number of nitriles is 1. The molecule has 0 unspecified atom stereocenters. The number of anilines is 2. The first-order chi connectivity index (χ1) is 9.35. The molecular weight excluding hydrogens is 302 g/mol. The maximum atomic E-state index is 12.3. The Hall–Kier alpha value is -2.24. The molecule has 0 spiro atoms. The lowest BCUT2D eigenvalue weighted by Gasteiger charge is -2.10. The van der Waals surface area contributed by atoms with Crippen LogP contribution in [-0.2, 0) is 17.1 Å². The smallest absolute Gasteiger partial charge is 0.281 e. The summed E-state index contributed by atoms with van der Waals surface area (Å²) in [5.41, 5.74) is 5.77. The van der Waals surface area contributed by atoms with Crippen LogP contribution in [0.5, 0.6) is 0 Å². The van der Waals surface area contributed by atoms with Crippen molar-refractivity contribution in [1.29, 1.82) is 5.26 Å². The highest BCUT2D eigenvalue weighted by atomic mass is 35.5. The Balaban J connectivity index is 2.50. The molecule has 0 amide bonds. The molecule has 0 saturated carbocycles. The van der Waals surface area contributed by atoms with Gasteiger partial charge in [0, 0.05) is 12.1 Å². The predicted molar refractivity (Wildman–Crippen MR) is 74.6 cm³/mol. The fourth-order valence-corrected chi connectivity index (χ4v) is 3.14. The van der Waals surface area contributed by atoms with Crippen molar-refractivity contribution in [2.45, 2.75) is 5.03 Å². The Morgan fingerprint density at radius 2 is 2.20 bits per heavy atom. The highest BCUT2D eigenvalue weighted by Gasteiger charge is 2.23. The number of rotatable bonds is 3. The molecule has 0 aliphatic heterocycles. The van der Waals surface area contributed by atoms with Crippen LogP contribution in [0.2, 0.25) is 5.02 Å². The van der Waals surface area contributed by atoms with Gasteiger partial charge < -0.3 is 10.3 Å². The third kappa shape index (κ3) is 2.54. The van der Waals surface area contributed by atoms with E-state index in [1.165, 1.54) is 36.1 Å². The van der Waals surface area contributed by atoms with Crippen molar-refractivity contribution in [3.8, 4) is 6.07 Å². The second kappa shape index (κ2) is 5.03. The maximum Gasteiger partial charge on any atom is 0.281 e. The van der Waals surface area contributed by atoms with E-state index in [1.54, 1.807) is 0 Å². The molecule has 1 heterocycles. The first kappa shape index (κ1) is 14.2. The van der Waals surface area contributed by atoms with Crippen molar-refractivity contribution < 1.29 is 8.42 Å². The Morgan fingerprint density at radius 3 is 2.75 bits per heavy atom. The van der Waals surface area contributed by atoms with Gasteiger partial charge in [-0.15, -0.1) is 0 Å². The summed E-state index contributed by atoms with van der Waals surface area (Å²) in [6, 6.07) is 6.15. The van der Waals surface area contributed by atoms with Gasteiger partial charge >= 0.3 is 0 Å². The van der Waals surface area contributed by atoms with Gasteiger partial charge in [0.1, 0.15) is 6.07 Å². The molecule has 2 aromatic rings. The molecule has 0 fully saturated rings. The summed E-state index contributed by atoms with van der Waals surface area (Å²) in [5, 5.41) is 9.10. The van der Waals surface area contributed by atoms with Crippen molar-refractivity contribution in [3.05, 3.63) is 35.1 Å². The van der Waals surface area contributed by atoms with Gasteiger partial charge in [-0.2, -0.15) is 13.7 Å². The zero-order valence-electron chi connectivity index (χ0n) is 10.3. The van der Waals surface area contributed by atoms with Crippen LogP contribution in [-0.4, -0.2) is 18.0 Å². The van der Waals surface area contributed by atoms with Gasteiger partial charge in [0.15, 0.2) is 10.8 Å². The maximum absolute atomic E-state index is 12.3. The van der Waals surface area contributed by atoms with Crippen molar-refractivity contribution in [2.75, 3.05) is 10.5 Å². The van der Waals surface area contributed by atoms with Gasteiger partial charge in [0.2, 0.25) is 0 Å². The van der Waals surface area contributed by atoms with E-state index in [-0.39, 0.29) is 22.1 Å². The normalized spacial score (nSPS) is 11.1. The van der Waals surface area contributed by atoms with Crippen molar-refractivity contribution in [3.63, 3.8) is 0 Å². The van der Waals surface area contributed by atoms with Crippen LogP contribution in [0.1, 0.15) is 5.56 Å². The lowest BCUT2D eigenvalue weighted by Crippen LogP contribution is -2.18. The molecule has 0 radical (unpaired) electrons. The van der Waals surface area contributed by atoms with Gasteiger partial charge in [-0.05, 0) is 18.2 Å². The number of halogens is 1. The van der Waals surface area contributed by atoms with E-state index in [0.717, 1.165) is 0 Å². The number of aromatic nitrogens is 2. The van der Waals surface area contributed by atoms with Gasteiger partial charge in [0.05, 0.1) is 17.6 Å². The van der Waals surface area contributed by atoms with Crippen LogP contribution >= 0.6 is 11.6 Å². The summed E-state index contributed by atoms with van der Waals surface area (Å²) in [4.78, 5) is 3.71. The van der Waals surface area contributed by atoms with E-state index >= 15 is 0 Å². The van der Waals surface area contributed by atoms with Gasteiger partial charge in [-0.3, -0.25) is 4.72 Å². The summed E-state index contributed by atoms with van der Waals surface area (Å²) >= 11 is 5.80. The first-order valence-electron chi connectivity index (χ1n) is 5.34. The zero-order valence-corrected chi connectivity index (χ0v) is 11.9. The molecule has 0 aliphatic carbocycles. The molecule has 20 heavy (non-hydrogen) atoms. The monoisotopic (exact) mass is 311 g/mol. The third-order valence-electron chi connectivity index (χ3n) is 2.51. The first-order valence-corrected chi connectivity index (χ1v) is 7.20. The molecule has 1 aromatic heterocycles. The van der Waals surface area contributed by atoms with Crippen LogP contribution in [0.25, 0.3) is 0 Å². The minimum Gasteiger partial charge on any atom is -0.381 e. The van der Waals surface area contributed by atoms with E-state index in [9.17, 15) is 8.42 Å². The second-order valence-corrected chi connectivity index (χ2v) is 5.99. The standard InChI is InChI=1S/C11H10ClN5O2S/c1-17-6-15-10(14)11(17)20(18,19)16-9-4-8(12)3-2-7(9)5-13/h2-4,6,16H,14H2,1H3. The number of hydrogen-bond donors (Lipinski definition) is 2. The fourth-order valence-electron chi connectivity index (χ4n) is 1.66. The van der Waals surface area contributed by atoms with Gasteiger partial charge in [-0.1, -0.05) is 11.6 Å². The number of sulfonamides is 1. The van der Waals surface area contributed by atoms with E-state index in [0.29, 0.717) is 5.02 Å². The topological polar surface area (TPSA) is 114 Å². The Labute approximate surface area is 120 Å². The molecule has 0 atom stereocenters. The highest BCUT2D eigenvalue weighted by Crippen LogP contribution is 2.25. The Bertz CT molecular complexity index is 787. The van der Waals surface area contributed by atoms with Crippen molar-refractivity contribution >= 4 is 33.1 Å². The number of nitrogens with one attached hydrogen (secondary N) is 1. The molecule has 9 heteroatoms. The zero-order chi connectivity index (χ0) is 14.9. The summed E-state index contributed by atoms with van der Waals surface area (Å²) in [7, 11) is -2.46. The Morgan fingerprint density at radius 1 is 1.50 bits per heavy atom. The van der Waals surface area contributed by atoms with E-state index in [2.05, 4.69) is 9.71 Å². The summed E-state index contributed by atoms with van der Waals surface area (Å²) in [6.45, 7) is 0. The number of benzene rings is 1. The third-order valence-corrected chi connectivity index (χ3v) is 4.24. The van der Waals surface area contributed by atoms with Crippen LogP contribution in [0.15, 0.2) is 29.6 Å². The quantitative estimate of drug-likeness (QED) is 0.887. The highest BCUT2D eigenvalue weighted by molar-refractivity contribution is 7.92. The van der Waals surface area contributed by atoms with E-state index in [1.807, 2.05) is 6.07 Å². The molecule has 2 rings (SSSR count). The van der Waals surface area contributed by atoms with E-state index in [4.69, 9.17) is 22.6 Å². The lowest BCUT2D eigenvalue weighted by molar-refractivity contribution is 0.592. The van der Waals surface area contributed by atoms with Crippen LogP contribution in [0, 0.1) is 11.3 Å². The van der Waals surface area contributed by atoms with Crippen LogP contribution in [0.4, 0.5) is 11.5 Å². The van der Waals surface area contributed by atoms with Crippen molar-refractivity contribution in [2.24, 2.45) is 7.05 Å². The van der Waals surface area contributed by atoms with Crippen LogP contribution in [0.3, 0.4) is 0 Å². The Kier molecular flexibility index (Phi) is 3.57. The summed E-state index contributed by atoms with van der Waals surface area (Å²) < 4.78 is 28.1. The molecule has 0 aliphatic rings. The molecule has 1 aromatic carbocycles. The molecule has 104 valence electrons. The average molecular weight is 312 g/mol. The number of nitrogens with zero attached hydrogens (tertiary/aromatic N) is 3. The molecule has 0 saturated heterocycles. The summed E-state index contributed by atoms with van der Waals surface area (Å²) in [5.74, 6) is -0.125. The fraction of sp³-hybridized carbons (Fsp3) is 0.0909. The van der Waals surface area contributed by atoms with Crippen LogP contribution < -0.4 is 10.5 Å². The van der Waals surface area contributed by atoms with Crippen molar-refractivity contribution in [1.82, 2.24) is 9.55 Å². The largest absolute Gasteiger partial charge is 0.381 e.